The van der Waals surface area contributed by atoms with Gasteiger partial charge in [0, 0.05) is 0 Å². The summed E-state index contributed by atoms with van der Waals surface area (Å²) in [6, 6.07) is 14.2. The Hall–Kier alpha value is -1.82. The molecule has 172 valence electrons. The molecule has 2 saturated carbocycles. The molecule has 2 aliphatic rings. The molecule has 2 aliphatic carbocycles. The summed E-state index contributed by atoms with van der Waals surface area (Å²) < 4.78 is 0. The van der Waals surface area contributed by atoms with Crippen LogP contribution in [0.15, 0.2) is 61.7 Å². The van der Waals surface area contributed by atoms with E-state index in [1.54, 1.807) is 5.56 Å². The molecule has 0 heteroatoms. The molecule has 0 nitrogen and oxygen atoms in total. The molecule has 0 aliphatic heterocycles. The van der Waals surface area contributed by atoms with Crippen LogP contribution in [0.1, 0.15) is 101 Å². The standard InChI is InChI=1S/C32H44/c1-3-5-7-25-9-11-26(12-10-25)13-14-27-15-18-29(19-16-27)31-22-21-30-23-28(8-6-4-2)17-20-32(30)24-31/h3-4,17,20-27,29H,1-2,5-16,18-19H2. The first-order valence-corrected chi connectivity index (χ1v) is 13.5. The Morgan fingerprint density at radius 3 is 1.84 bits per heavy atom. The van der Waals surface area contributed by atoms with Crippen molar-refractivity contribution in [3.8, 4) is 0 Å². The Labute approximate surface area is 197 Å². The van der Waals surface area contributed by atoms with Crippen LogP contribution in [0.25, 0.3) is 10.8 Å². The smallest absolute Gasteiger partial charge is 0.0162 e. The summed E-state index contributed by atoms with van der Waals surface area (Å²) >= 11 is 0. The predicted molar refractivity (Wildman–Crippen MR) is 141 cm³/mol. The van der Waals surface area contributed by atoms with Gasteiger partial charge < -0.3 is 0 Å². The summed E-state index contributed by atoms with van der Waals surface area (Å²) in [5.74, 6) is 3.76. The third kappa shape index (κ3) is 6.37. The third-order valence-electron chi connectivity index (χ3n) is 8.61. The van der Waals surface area contributed by atoms with Crippen molar-refractivity contribution in [1.82, 2.24) is 0 Å². The lowest BCUT2D eigenvalue weighted by molar-refractivity contribution is 0.225. The van der Waals surface area contributed by atoms with Crippen molar-refractivity contribution in [3.63, 3.8) is 0 Å². The molecule has 0 aromatic heterocycles. The van der Waals surface area contributed by atoms with Gasteiger partial charge >= 0.3 is 0 Å². The van der Waals surface area contributed by atoms with E-state index in [1.807, 2.05) is 6.08 Å². The Balaban J connectivity index is 1.22. The second-order valence-corrected chi connectivity index (χ2v) is 10.8. The quantitative estimate of drug-likeness (QED) is 0.330. The lowest BCUT2D eigenvalue weighted by Gasteiger charge is -2.32. The first-order chi connectivity index (χ1) is 15.7. The number of aryl methyl sites for hydroxylation is 1. The highest BCUT2D eigenvalue weighted by Crippen LogP contribution is 2.40. The van der Waals surface area contributed by atoms with E-state index >= 15 is 0 Å². The average Bonchev–Trinajstić information content (AvgIpc) is 2.85. The van der Waals surface area contributed by atoms with Gasteiger partial charge in [-0.2, -0.15) is 0 Å². The third-order valence-corrected chi connectivity index (χ3v) is 8.61. The summed E-state index contributed by atoms with van der Waals surface area (Å²) in [5.41, 5.74) is 3.00. The van der Waals surface area contributed by atoms with Crippen LogP contribution in [0.3, 0.4) is 0 Å². The van der Waals surface area contributed by atoms with Crippen molar-refractivity contribution in [2.45, 2.75) is 95.8 Å². The normalized spacial score (nSPS) is 26.1. The number of hydrogen-bond donors (Lipinski definition) is 0. The lowest BCUT2D eigenvalue weighted by Crippen LogP contribution is -2.17. The second-order valence-electron chi connectivity index (χ2n) is 10.8. The van der Waals surface area contributed by atoms with Crippen molar-refractivity contribution in [2.75, 3.05) is 0 Å². The van der Waals surface area contributed by atoms with E-state index < -0.39 is 0 Å². The SMILES string of the molecule is C=CCCc1ccc2cc(C3CCC(CCC4CCC(CCC=C)CC4)CC3)ccc2c1. The Bertz CT molecular complexity index is 859. The predicted octanol–water partition coefficient (Wildman–Crippen LogP) is 9.78. The van der Waals surface area contributed by atoms with Gasteiger partial charge in [0.25, 0.3) is 0 Å². The largest absolute Gasteiger partial charge is 0.103 e. The molecular weight excluding hydrogens is 384 g/mol. The Kier molecular flexibility index (Phi) is 8.66. The van der Waals surface area contributed by atoms with Crippen LogP contribution < -0.4 is 0 Å². The highest BCUT2D eigenvalue weighted by molar-refractivity contribution is 5.84. The van der Waals surface area contributed by atoms with Crippen molar-refractivity contribution in [1.29, 1.82) is 0 Å². The van der Waals surface area contributed by atoms with Gasteiger partial charge in [-0.25, -0.2) is 0 Å². The Morgan fingerprint density at radius 2 is 1.19 bits per heavy atom. The van der Waals surface area contributed by atoms with Gasteiger partial charge in [0.2, 0.25) is 0 Å². The minimum atomic E-state index is 0.774. The van der Waals surface area contributed by atoms with Gasteiger partial charge in [-0.15, -0.1) is 13.2 Å². The molecule has 0 radical (unpaired) electrons. The molecule has 4 rings (SSSR count). The molecule has 0 amide bonds. The van der Waals surface area contributed by atoms with E-state index in [2.05, 4.69) is 55.6 Å². The van der Waals surface area contributed by atoms with Gasteiger partial charge in [0.05, 0.1) is 0 Å². The highest BCUT2D eigenvalue weighted by atomic mass is 14.3. The minimum Gasteiger partial charge on any atom is -0.103 e. The number of allylic oxidation sites excluding steroid dienone is 2. The molecule has 0 bridgehead atoms. The summed E-state index contributed by atoms with van der Waals surface area (Å²) in [6.45, 7) is 7.74. The monoisotopic (exact) mass is 428 g/mol. The Morgan fingerprint density at radius 1 is 0.625 bits per heavy atom. The first kappa shape index (κ1) is 23.3. The number of benzene rings is 2. The van der Waals surface area contributed by atoms with Crippen molar-refractivity contribution in [3.05, 3.63) is 72.8 Å². The van der Waals surface area contributed by atoms with Crippen molar-refractivity contribution in [2.24, 2.45) is 17.8 Å². The molecule has 0 heterocycles. The molecule has 0 unspecified atom stereocenters. The maximum absolute atomic E-state index is 3.89. The number of hydrogen-bond acceptors (Lipinski definition) is 0. The van der Waals surface area contributed by atoms with Crippen molar-refractivity contribution < 1.29 is 0 Å². The molecule has 2 aromatic carbocycles. The van der Waals surface area contributed by atoms with Gasteiger partial charge in [-0.1, -0.05) is 87.1 Å². The van der Waals surface area contributed by atoms with Crippen LogP contribution in [0.5, 0.6) is 0 Å². The summed E-state index contributed by atoms with van der Waals surface area (Å²) in [6.07, 6.45) is 23.4. The van der Waals surface area contributed by atoms with E-state index in [4.69, 9.17) is 0 Å². The van der Waals surface area contributed by atoms with Crippen LogP contribution >= 0.6 is 0 Å². The fourth-order valence-electron chi connectivity index (χ4n) is 6.41. The highest BCUT2D eigenvalue weighted by Gasteiger charge is 2.25. The molecule has 2 fully saturated rings. The fraction of sp³-hybridized carbons (Fsp3) is 0.562. The fourth-order valence-corrected chi connectivity index (χ4v) is 6.41. The van der Waals surface area contributed by atoms with Gasteiger partial charge in [-0.3, -0.25) is 0 Å². The van der Waals surface area contributed by atoms with Crippen LogP contribution in [-0.2, 0) is 6.42 Å². The van der Waals surface area contributed by atoms with E-state index in [-0.39, 0.29) is 0 Å². The minimum absolute atomic E-state index is 0.774. The zero-order valence-electron chi connectivity index (χ0n) is 20.2. The lowest BCUT2D eigenvalue weighted by atomic mass is 9.74. The van der Waals surface area contributed by atoms with Gasteiger partial charge in [0.15, 0.2) is 0 Å². The second kappa shape index (κ2) is 11.9. The molecule has 2 aromatic rings. The zero-order valence-corrected chi connectivity index (χ0v) is 20.2. The van der Waals surface area contributed by atoms with Crippen LogP contribution in [0, 0.1) is 17.8 Å². The summed E-state index contributed by atoms with van der Waals surface area (Å²) in [7, 11) is 0. The summed E-state index contributed by atoms with van der Waals surface area (Å²) in [4.78, 5) is 0. The maximum atomic E-state index is 3.89. The molecule has 0 spiro atoms. The van der Waals surface area contributed by atoms with Gasteiger partial charge in [-0.05, 0) is 96.9 Å². The van der Waals surface area contributed by atoms with E-state index in [0.717, 1.165) is 36.5 Å². The van der Waals surface area contributed by atoms with Crippen molar-refractivity contribution >= 4 is 10.8 Å². The molecular formula is C32H44. The first-order valence-electron chi connectivity index (χ1n) is 13.5. The van der Waals surface area contributed by atoms with E-state index in [0.29, 0.717) is 0 Å². The van der Waals surface area contributed by atoms with E-state index in [1.165, 1.54) is 93.4 Å². The zero-order chi connectivity index (χ0) is 22.2. The summed E-state index contributed by atoms with van der Waals surface area (Å²) in [5, 5.41) is 2.80. The molecule has 0 atom stereocenters. The molecule has 0 N–H and O–H groups in total. The molecule has 0 saturated heterocycles. The van der Waals surface area contributed by atoms with E-state index in [9.17, 15) is 0 Å². The topological polar surface area (TPSA) is 0 Å². The number of rotatable bonds is 10. The molecule has 32 heavy (non-hydrogen) atoms. The van der Waals surface area contributed by atoms with Crippen LogP contribution in [-0.4, -0.2) is 0 Å². The average molecular weight is 429 g/mol. The van der Waals surface area contributed by atoms with Crippen LogP contribution in [0.4, 0.5) is 0 Å². The maximum Gasteiger partial charge on any atom is -0.0162 e. The van der Waals surface area contributed by atoms with Crippen LogP contribution in [0.2, 0.25) is 0 Å². The number of fused-ring (bicyclic) bond motifs is 1. The van der Waals surface area contributed by atoms with Gasteiger partial charge in [0.1, 0.15) is 0 Å².